The van der Waals surface area contributed by atoms with Gasteiger partial charge in [0.1, 0.15) is 0 Å². The zero-order chi connectivity index (χ0) is 27.7. The Morgan fingerprint density at radius 1 is 1.00 bits per heavy atom. The first-order valence-electron chi connectivity index (χ1n) is 14.2. The lowest BCUT2D eigenvalue weighted by molar-refractivity contribution is 0.0771. The molecule has 5 rings (SSSR count). The lowest BCUT2D eigenvalue weighted by atomic mass is 9.98. The number of nitrogens with zero attached hydrogens (tertiary/aromatic N) is 5. The molecule has 2 aromatic rings. The summed E-state index contributed by atoms with van der Waals surface area (Å²) in [6, 6.07) is 10.7. The molecular formula is C29H42N6O3S. The van der Waals surface area contributed by atoms with Crippen LogP contribution in [-0.4, -0.2) is 92.2 Å². The Labute approximate surface area is 233 Å². The second-order valence-corrected chi connectivity index (χ2v) is 13.6. The Morgan fingerprint density at radius 2 is 1.59 bits per heavy atom. The number of aryl methyl sites for hydroxylation is 2. The van der Waals surface area contributed by atoms with Gasteiger partial charge in [-0.1, -0.05) is 37.3 Å². The van der Waals surface area contributed by atoms with E-state index in [4.69, 9.17) is 9.97 Å². The summed E-state index contributed by atoms with van der Waals surface area (Å²) in [4.78, 5) is 29.7. The van der Waals surface area contributed by atoms with Gasteiger partial charge in [-0.05, 0) is 63.0 Å². The molecule has 9 nitrogen and oxygen atoms in total. The van der Waals surface area contributed by atoms with Gasteiger partial charge in [-0.2, -0.15) is 0 Å². The van der Waals surface area contributed by atoms with Gasteiger partial charge >= 0.3 is 0 Å². The number of amides is 1. The van der Waals surface area contributed by atoms with Crippen molar-refractivity contribution in [1.29, 1.82) is 0 Å². The number of aromatic nitrogens is 2. The molecule has 3 aliphatic rings. The molecule has 39 heavy (non-hydrogen) atoms. The van der Waals surface area contributed by atoms with E-state index in [1.54, 1.807) is 0 Å². The molecule has 10 heteroatoms. The number of benzene rings is 1. The number of anilines is 1. The minimum Gasteiger partial charge on any atom is -0.341 e. The molecule has 2 unspecified atom stereocenters. The summed E-state index contributed by atoms with van der Waals surface area (Å²) in [6.45, 7) is 12.3. The summed E-state index contributed by atoms with van der Waals surface area (Å²) in [6.07, 6.45) is 3.75. The highest BCUT2D eigenvalue weighted by molar-refractivity contribution is 7.88. The molecule has 3 saturated heterocycles. The Morgan fingerprint density at radius 3 is 2.15 bits per heavy atom. The zero-order valence-corrected chi connectivity index (χ0v) is 24.5. The topological polar surface area (TPSA) is 98.7 Å². The number of fused-ring (bicyclic) bond motifs is 1. The fourth-order valence-corrected chi connectivity index (χ4v) is 7.41. The summed E-state index contributed by atoms with van der Waals surface area (Å²) in [7, 11) is -3.21. The van der Waals surface area contributed by atoms with Crippen molar-refractivity contribution in [2.75, 3.05) is 57.0 Å². The molecule has 1 aromatic heterocycles. The first-order chi connectivity index (χ1) is 18.6. The maximum absolute atomic E-state index is 13.6. The first kappa shape index (κ1) is 28.0. The standard InChI is InChI=1S/C29H42N6O3S/c1-20(23-8-6-5-7-9-23)10-13-33-16-24-18-35(19-25(24)17-33)28(36)27-21(2)30-29(31-22(27)3)34-14-11-26(12-15-34)32-39(4,37)38/h5-9,20,24-26,32H,10-19H2,1-4H3/t20-,24?,25?/m1/s1. The van der Waals surface area contributed by atoms with E-state index in [-0.39, 0.29) is 11.9 Å². The second kappa shape index (κ2) is 11.5. The number of carbonyl (C=O) groups is 1. The molecule has 0 bridgehead atoms. The van der Waals surface area contributed by atoms with Crippen molar-refractivity contribution in [3.05, 3.63) is 52.8 Å². The third-order valence-electron chi connectivity index (χ3n) is 8.73. The van der Waals surface area contributed by atoms with Crippen LogP contribution in [-0.2, 0) is 10.0 Å². The molecule has 212 valence electrons. The van der Waals surface area contributed by atoms with Gasteiger partial charge in [0, 0.05) is 45.3 Å². The Balaban J connectivity index is 1.14. The third-order valence-corrected chi connectivity index (χ3v) is 9.49. The predicted octanol–water partition coefficient (Wildman–Crippen LogP) is 2.81. The number of piperidine rings is 1. The number of carbonyl (C=O) groups excluding carboxylic acids is 1. The fourth-order valence-electron chi connectivity index (χ4n) is 6.57. The highest BCUT2D eigenvalue weighted by Crippen LogP contribution is 2.33. The fraction of sp³-hybridized carbons (Fsp3) is 0.621. The van der Waals surface area contributed by atoms with Crippen LogP contribution in [0.15, 0.2) is 30.3 Å². The largest absolute Gasteiger partial charge is 0.341 e. The molecule has 1 N–H and O–H groups in total. The van der Waals surface area contributed by atoms with Gasteiger partial charge in [-0.3, -0.25) is 4.79 Å². The van der Waals surface area contributed by atoms with Crippen LogP contribution in [0.4, 0.5) is 5.95 Å². The van der Waals surface area contributed by atoms with E-state index in [1.165, 1.54) is 11.8 Å². The van der Waals surface area contributed by atoms with Crippen LogP contribution in [0.3, 0.4) is 0 Å². The van der Waals surface area contributed by atoms with Crippen LogP contribution < -0.4 is 9.62 Å². The van der Waals surface area contributed by atoms with Crippen molar-refractivity contribution in [3.63, 3.8) is 0 Å². The first-order valence-corrected chi connectivity index (χ1v) is 16.1. The summed E-state index contributed by atoms with van der Waals surface area (Å²) < 4.78 is 25.8. The van der Waals surface area contributed by atoms with E-state index in [2.05, 4.69) is 51.8 Å². The molecule has 1 amide bonds. The maximum atomic E-state index is 13.6. The van der Waals surface area contributed by atoms with Crippen molar-refractivity contribution < 1.29 is 13.2 Å². The average Bonchev–Trinajstić information content (AvgIpc) is 3.46. The molecule has 3 atom stereocenters. The van der Waals surface area contributed by atoms with Crippen molar-refractivity contribution >= 4 is 21.9 Å². The van der Waals surface area contributed by atoms with E-state index in [0.29, 0.717) is 66.6 Å². The van der Waals surface area contributed by atoms with Gasteiger partial charge < -0.3 is 14.7 Å². The SMILES string of the molecule is Cc1nc(N2CCC(NS(C)(=O)=O)CC2)nc(C)c1C(=O)N1CC2CN(CC[C@@H](C)c3ccccc3)CC2C1. The number of nitrogens with one attached hydrogen (secondary N) is 1. The minimum absolute atomic E-state index is 0.0475. The normalized spacial score (nSPS) is 23.3. The molecule has 0 saturated carbocycles. The van der Waals surface area contributed by atoms with Crippen molar-refractivity contribution in [1.82, 2.24) is 24.5 Å². The van der Waals surface area contributed by atoms with E-state index in [9.17, 15) is 13.2 Å². The van der Waals surface area contributed by atoms with Gasteiger partial charge in [0.2, 0.25) is 16.0 Å². The van der Waals surface area contributed by atoms with Gasteiger partial charge in [0.05, 0.1) is 23.2 Å². The second-order valence-electron chi connectivity index (χ2n) is 11.8. The molecule has 0 aliphatic carbocycles. The molecule has 0 spiro atoms. The van der Waals surface area contributed by atoms with Gasteiger partial charge in [0.25, 0.3) is 5.91 Å². The summed E-state index contributed by atoms with van der Waals surface area (Å²) in [5, 5.41) is 0. The molecule has 4 heterocycles. The van der Waals surface area contributed by atoms with E-state index in [0.717, 1.165) is 39.1 Å². The molecule has 1 aromatic carbocycles. The number of hydrogen-bond donors (Lipinski definition) is 1. The quantitative estimate of drug-likeness (QED) is 0.536. The lowest BCUT2D eigenvalue weighted by Gasteiger charge is -2.32. The lowest BCUT2D eigenvalue weighted by Crippen LogP contribution is -2.45. The number of likely N-dealkylation sites (tertiary alicyclic amines) is 2. The summed E-state index contributed by atoms with van der Waals surface area (Å²) >= 11 is 0. The van der Waals surface area contributed by atoms with Crippen molar-refractivity contribution in [2.45, 2.75) is 52.0 Å². The van der Waals surface area contributed by atoms with Gasteiger partial charge in [-0.25, -0.2) is 23.1 Å². The third kappa shape index (κ3) is 6.61. The van der Waals surface area contributed by atoms with E-state index < -0.39 is 10.0 Å². The highest BCUT2D eigenvalue weighted by atomic mass is 32.2. The Hall–Kier alpha value is -2.56. The van der Waals surface area contributed by atoms with E-state index in [1.807, 2.05) is 18.7 Å². The number of hydrogen-bond acceptors (Lipinski definition) is 7. The van der Waals surface area contributed by atoms with Crippen molar-refractivity contribution in [2.24, 2.45) is 11.8 Å². The minimum atomic E-state index is -3.21. The molecule has 0 radical (unpaired) electrons. The van der Waals surface area contributed by atoms with E-state index >= 15 is 0 Å². The Kier molecular flexibility index (Phi) is 8.26. The molecular weight excluding hydrogens is 512 g/mol. The van der Waals surface area contributed by atoms with Crippen LogP contribution in [0.2, 0.25) is 0 Å². The monoisotopic (exact) mass is 554 g/mol. The highest BCUT2D eigenvalue weighted by Gasteiger charge is 2.42. The van der Waals surface area contributed by atoms with Crippen LogP contribution in [0.5, 0.6) is 0 Å². The van der Waals surface area contributed by atoms with Crippen LogP contribution in [0, 0.1) is 25.7 Å². The summed E-state index contributed by atoms with van der Waals surface area (Å²) in [5.74, 6) is 2.28. The number of rotatable bonds is 8. The average molecular weight is 555 g/mol. The zero-order valence-electron chi connectivity index (χ0n) is 23.6. The van der Waals surface area contributed by atoms with Crippen LogP contribution in [0.1, 0.15) is 59.4 Å². The molecule has 3 fully saturated rings. The maximum Gasteiger partial charge on any atom is 0.257 e. The van der Waals surface area contributed by atoms with Gasteiger partial charge in [-0.15, -0.1) is 0 Å². The van der Waals surface area contributed by atoms with Crippen LogP contribution >= 0.6 is 0 Å². The summed E-state index contributed by atoms with van der Waals surface area (Å²) in [5.41, 5.74) is 3.46. The molecule has 3 aliphatic heterocycles. The predicted molar refractivity (Wildman–Crippen MR) is 154 cm³/mol. The smallest absolute Gasteiger partial charge is 0.257 e. The Bertz CT molecular complexity index is 1240. The van der Waals surface area contributed by atoms with Gasteiger partial charge in [0.15, 0.2) is 0 Å². The van der Waals surface area contributed by atoms with Crippen LogP contribution in [0.25, 0.3) is 0 Å². The number of sulfonamides is 1. The van der Waals surface area contributed by atoms with Crippen molar-refractivity contribution in [3.8, 4) is 0 Å².